The van der Waals surface area contributed by atoms with Crippen LogP contribution in [-0.4, -0.2) is 31.8 Å². The summed E-state index contributed by atoms with van der Waals surface area (Å²) in [6.45, 7) is 4.91. The van der Waals surface area contributed by atoms with Crippen LogP contribution in [0.5, 0.6) is 17.2 Å². The number of carbonyl (C=O) groups is 2. The molecule has 0 atom stereocenters. The lowest BCUT2D eigenvalue weighted by Crippen LogP contribution is -2.16. The fraction of sp³-hybridized carbons (Fsp3) is 0.531. The molecular weight excluding hydrogens is 492 g/mol. The summed E-state index contributed by atoms with van der Waals surface area (Å²) in [4.78, 5) is 24.6. The van der Waals surface area contributed by atoms with E-state index in [9.17, 15) is 9.59 Å². The Morgan fingerprint density at radius 1 is 0.795 bits per heavy atom. The Morgan fingerprint density at radius 3 is 2.05 bits per heavy atom. The molecule has 0 saturated carbocycles. The number of hydrogen-bond acceptors (Lipinski definition) is 6. The Hall–Kier alpha value is -3.35. The van der Waals surface area contributed by atoms with Gasteiger partial charge in [-0.2, -0.15) is 5.10 Å². The van der Waals surface area contributed by atoms with Gasteiger partial charge in [-0.15, -0.1) is 0 Å². The SMILES string of the molecule is CCCCCCCCCCCCCC(=O)N/N=C\c1ccc(OC(=O)c2ccc(OCCC)cc2)c(OC)c1. The van der Waals surface area contributed by atoms with Crippen LogP contribution in [0.25, 0.3) is 0 Å². The highest BCUT2D eigenvalue weighted by Gasteiger charge is 2.13. The molecule has 0 unspecified atom stereocenters. The third-order valence-corrected chi connectivity index (χ3v) is 6.36. The zero-order chi connectivity index (χ0) is 28.1. The largest absolute Gasteiger partial charge is 0.494 e. The highest BCUT2D eigenvalue weighted by Crippen LogP contribution is 2.28. The number of nitrogens with one attached hydrogen (secondary N) is 1. The Bertz CT molecular complexity index is 1000. The third-order valence-electron chi connectivity index (χ3n) is 6.36. The second kappa shape index (κ2) is 19.7. The van der Waals surface area contributed by atoms with Gasteiger partial charge < -0.3 is 14.2 Å². The monoisotopic (exact) mass is 538 g/mol. The first kappa shape index (κ1) is 31.9. The van der Waals surface area contributed by atoms with Crippen molar-refractivity contribution in [3.8, 4) is 17.2 Å². The van der Waals surface area contributed by atoms with Crippen molar-refractivity contribution in [2.45, 2.75) is 97.3 Å². The highest BCUT2D eigenvalue weighted by atomic mass is 16.6. The smallest absolute Gasteiger partial charge is 0.343 e. The molecule has 0 saturated heterocycles. The van der Waals surface area contributed by atoms with Crippen molar-refractivity contribution in [3.63, 3.8) is 0 Å². The molecule has 0 aliphatic rings. The van der Waals surface area contributed by atoms with Gasteiger partial charge in [-0.1, -0.05) is 78.1 Å². The zero-order valence-corrected chi connectivity index (χ0v) is 24.0. The van der Waals surface area contributed by atoms with Gasteiger partial charge in [0.05, 0.1) is 25.5 Å². The maximum absolute atomic E-state index is 12.6. The van der Waals surface area contributed by atoms with E-state index >= 15 is 0 Å². The molecule has 7 nitrogen and oxygen atoms in total. The van der Waals surface area contributed by atoms with Crippen LogP contribution >= 0.6 is 0 Å². The average Bonchev–Trinajstić information content (AvgIpc) is 2.95. The fourth-order valence-electron chi connectivity index (χ4n) is 4.10. The molecule has 0 bridgehead atoms. The number of unbranched alkanes of at least 4 members (excludes halogenated alkanes) is 10. The van der Waals surface area contributed by atoms with E-state index in [1.807, 2.05) is 6.92 Å². The van der Waals surface area contributed by atoms with Gasteiger partial charge in [0.1, 0.15) is 5.75 Å². The number of hydrazone groups is 1. The maximum Gasteiger partial charge on any atom is 0.343 e. The van der Waals surface area contributed by atoms with Gasteiger partial charge in [0.25, 0.3) is 0 Å². The second-order valence-electron chi connectivity index (χ2n) is 9.75. The van der Waals surface area contributed by atoms with Crippen LogP contribution in [0.3, 0.4) is 0 Å². The van der Waals surface area contributed by atoms with Gasteiger partial charge in [-0.05, 0) is 60.9 Å². The molecule has 0 aliphatic heterocycles. The van der Waals surface area contributed by atoms with Crippen molar-refractivity contribution in [1.29, 1.82) is 0 Å². The Labute approximate surface area is 234 Å². The van der Waals surface area contributed by atoms with Crippen LogP contribution in [0.2, 0.25) is 0 Å². The van der Waals surface area contributed by atoms with E-state index in [1.54, 1.807) is 48.7 Å². The minimum atomic E-state index is -0.494. The number of benzene rings is 2. The van der Waals surface area contributed by atoms with Gasteiger partial charge in [0.2, 0.25) is 5.91 Å². The molecule has 0 aliphatic carbocycles. The first-order valence-corrected chi connectivity index (χ1v) is 14.5. The summed E-state index contributed by atoms with van der Waals surface area (Å²) in [5.74, 6) is 0.812. The molecule has 0 fully saturated rings. The summed E-state index contributed by atoms with van der Waals surface area (Å²) in [5.41, 5.74) is 3.70. The van der Waals surface area contributed by atoms with Gasteiger partial charge in [0, 0.05) is 6.42 Å². The molecule has 0 radical (unpaired) electrons. The third kappa shape index (κ3) is 13.3. The van der Waals surface area contributed by atoms with Crippen molar-refractivity contribution in [1.82, 2.24) is 5.43 Å². The molecule has 0 aromatic heterocycles. The number of nitrogens with zero attached hydrogens (tertiary/aromatic N) is 1. The molecule has 214 valence electrons. The van der Waals surface area contributed by atoms with Crippen LogP contribution in [-0.2, 0) is 4.79 Å². The number of methoxy groups -OCH3 is 1. The number of rotatable bonds is 20. The van der Waals surface area contributed by atoms with E-state index < -0.39 is 5.97 Å². The number of amides is 1. The quantitative estimate of drug-likeness (QED) is 0.0610. The molecule has 0 spiro atoms. The van der Waals surface area contributed by atoms with Crippen LogP contribution in [0.4, 0.5) is 0 Å². The van der Waals surface area contributed by atoms with Crippen LogP contribution in [0, 0.1) is 0 Å². The topological polar surface area (TPSA) is 86.2 Å². The van der Waals surface area contributed by atoms with Crippen molar-refractivity contribution >= 4 is 18.1 Å². The average molecular weight is 539 g/mol. The Balaban J connectivity index is 1.69. The fourth-order valence-corrected chi connectivity index (χ4v) is 4.10. The summed E-state index contributed by atoms with van der Waals surface area (Å²) < 4.78 is 16.5. The Kier molecular flexibility index (Phi) is 16.1. The molecule has 2 aromatic rings. The van der Waals surface area contributed by atoms with Crippen LogP contribution in [0.15, 0.2) is 47.6 Å². The molecule has 2 aromatic carbocycles. The molecule has 1 amide bonds. The van der Waals surface area contributed by atoms with Crippen LogP contribution in [0.1, 0.15) is 113 Å². The van der Waals surface area contributed by atoms with E-state index in [1.165, 1.54) is 64.9 Å². The normalized spacial score (nSPS) is 10.9. The maximum atomic E-state index is 12.6. The summed E-state index contributed by atoms with van der Waals surface area (Å²) in [5, 5.41) is 4.05. The standard InChI is InChI=1S/C32H46N2O5/c1-4-6-7-8-9-10-11-12-13-14-15-16-31(35)34-33-25-26-17-22-29(30(24-26)37-3)39-32(36)27-18-20-28(21-19-27)38-23-5-2/h17-22,24-25H,4-16,23H2,1-3H3,(H,34,35)/b33-25-. The zero-order valence-electron chi connectivity index (χ0n) is 24.0. The lowest BCUT2D eigenvalue weighted by molar-refractivity contribution is -0.121. The van der Waals surface area contributed by atoms with Gasteiger partial charge in [0.15, 0.2) is 11.5 Å². The summed E-state index contributed by atoms with van der Waals surface area (Å²) in [7, 11) is 1.50. The number of esters is 1. The minimum Gasteiger partial charge on any atom is -0.494 e. The molecule has 7 heteroatoms. The van der Waals surface area contributed by atoms with E-state index in [4.69, 9.17) is 14.2 Å². The molecule has 39 heavy (non-hydrogen) atoms. The van der Waals surface area contributed by atoms with E-state index in [0.29, 0.717) is 41.4 Å². The Morgan fingerprint density at radius 2 is 1.44 bits per heavy atom. The van der Waals surface area contributed by atoms with E-state index in [0.717, 1.165) is 19.3 Å². The van der Waals surface area contributed by atoms with Crippen molar-refractivity contribution in [2.75, 3.05) is 13.7 Å². The number of ether oxygens (including phenoxy) is 3. The first-order chi connectivity index (χ1) is 19.1. The van der Waals surface area contributed by atoms with E-state index in [2.05, 4.69) is 17.5 Å². The molecule has 1 N–H and O–H groups in total. The van der Waals surface area contributed by atoms with Gasteiger partial charge >= 0.3 is 5.97 Å². The van der Waals surface area contributed by atoms with Crippen molar-refractivity contribution < 1.29 is 23.8 Å². The lowest BCUT2D eigenvalue weighted by Gasteiger charge is -2.10. The molecule has 2 rings (SSSR count). The number of carbonyl (C=O) groups excluding carboxylic acids is 2. The van der Waals surface area contributed by atoms with Gasteiger partial charge in [-0.25, -0.2) is 10.2 Å². The minimum absolute atomic E-state index is 0.0918. The van der Waals surface area contributed by atoms with Gasteiger partial charge in [-0.3, -0.25) is 4.79 Å². The summed E-state index contributed by atoms with van der Waals surface area (Å²) in [6, 6.07) is 11.9. The second-order valence-corrected chi connectivity index (χ2v) is 9.75. The van der Waals surface area contributed by atoms with E-state index in [-0.39, 0.29) is 5.91 Å². The number of hydrogen-bond donors (Lipinski definition) is 1. The molecular formula is C32H46N2O5. The highest BCUT2D eigenvalue weighted by molar-refractivity contribution is 5.91. The van der Waals surface area contributed by atoms with Crippen molar-refractivity contribution in [3.05, 3.63) is 53.6 Å². The van der Waals surface area contributed by atoms with Crippen molar-refractivity contribution in [2.24, 2.45) is 5.10 Å². The lowest BCUT2D eigenvalue weighted by atomic mass is 10.1. The molecule has 0 heterocycles. The van der Waals surface area contributed by atoms with Crippen LogP contribution < -0.4 is 19.6 Å². The summed E-state index contributed by atoms with van der Waals surface area (Å²) >= 11 is 0. The predicted molar refractivity (Wildman–Crippen MR) is 157 cm³/mol. The summed E-state index contributed by atoms with van der Waals surface area (Å²) in [6.07, 6.45) is 16.7. The first-order valence-electron chi connectivity index (χ1n) is 14.5. The predicted octanol–water partition coefficient (Wildman–Crippen LogP) is 7.85.